The highest BCUT2D eigenvalue weighted by atomic mass is 32.2. The molecule has 0 unspecified atom stereocenters. The molecule has 1 aromatic heterocycles. The number of nitrogens with zero attached hydrogens (tertiary/aromatic N) is 1. The van der Waals surface area contributed by atoms with Gasteiger partial charge >= 0.3 is 0 Å². The highest BCUT2D eigenvalue weighted by Gasteiger charge is 2.09. The zero-order valence-electron chi connectivity index (χ0n) is 9.45. The maximum absolute atomic E-state index is 5.82. The first-order chi connectivity index (χ1) is 7.72. The minimum Gasteiger partial charge on any atom is -0.382 e. The number of nitrogens with two attached hydrogens (primary N) is 1. The maximum atomic E-state index is 5.82. The summed E-state index contributed by atoms with van der Waals surface area (Å²) >= 11 is 1.83. The SMILES string of the molecule is CCSc1ccc(-c2c(N)n[nH]c2C)cc1. The third-order valence-electron chi connectivity index (χ3n) is 2.43. The van der Waals surface area contributed by atoms with Crippen molar-refractivity contribution in [3.63, 3.8) is 0 Å². The molecule has 3 nitrogen and oxygen atoms in total. The van der Waals surface area contributed by atoms with Crippen LogP contribution in [0.25, 0.3) is 11.1 Å². The van der Waals surface area contributed by atoms with E-state index < -0.39 is 0 Å². The Kier molecular flexibility index (Phi) is 3.19. The van der Waals surface area contributed by atoms with Crippen LogP contribution in [-0.4, -0.2) is 16.0 Å². The molecular weight excluding hydrogens is 218 g/mol. The zero-order valence-corrected chi connectivity index (χ0v) is 10.3. The van der Waals surface area contributed by atoms with Crippen LogP contribution in [0.4, 0.5) is 5.82 Å². The standard InChI is InChI=1S/C12H15N3S/c1-3-16-10-6-4-9(5-7-10)11-8(2)14-15-12(11)13/h4-7H,3H2,1-2H3,(H3,13,14,15). The van der Waals surface area contributed by atoms with E-state index in [9.17, 15) is 0 Å². The average molecular weight is 233 g/mol. The minimum atomic E-state index is 0.563. The summed E-state index contributed by atoms with van der Waals surface area (Å²) in [4.78, 5) is 1.28. The highest BCUT2D eigenvalue weighted by Crippen LogP contribution is 2.29. The quantitative estimate of drug-likeness (QED) is 0.801. The lowest BCUT2D eigenvalue weighted by Crippen LogP contribution is -1.88. The number of nitrogens with one attached hydrogen (secondary N) is 1. The highest BCUT2D eigenvalue weighted by molar-refractivity contribution is 7.99. The second kappa shape index (κ2) is 4.61. The molecule has 0 spiro atoms. The Bertz CT molecular complexity index is 454. The Morgan fingerprint density at radius 2 is 2.00 bits per heavy atom. The van der Waals surface area contributed by atoms with Gasteiger partial charge in [0.1, 0.15) is 0 Å². The summed E-state index contributed by atoms with van der Waals surface area (Å²) in [7, 11) is 0. The van der Waals surface area contributed by atoms with Gasteiger partial charge in [0.15, 0.2) is 5.82 Å². The van der Waals surface area contributed by atoms with Crippen LogP contribution in [0, 0.1) is 6.92 Å². The van der Waals surface area contributed by atoms with E-state index in [0.29, 0.717) is 5.82 Å². The fraction of sp³-hybridized carbons (Fsp3) is 0.250. The lowest BCUT2D eigenvalue weighted by atomic mass is 10.1. The molecule has 0 radical (unpaired) electrons. The summed E-state index contributed by atoms with van der Waals surface area (Å²) in [6.45, 7) is 4.13. The number of rotatable bonds is 3. The number of nitrogen functional groups attached to an aromatic ring is 1. The molecule has 0 saturated carbocycles. The molecule has 0 aliphatic heterocycles. The van der Waals surface area contributed by atoms with Crippen molar-refractivity contribution in [2.75, 3.05) is 11.5 Å². The molecule has 16 heavy (non-hydrogen) atoms. The second-order valence-corrected chi connectivity index (χ2v) is 4.90. The summed E-state index contributed by atoms with van der Waals surface area (Å²) in [6.07, 6.45) is 0. The van der Waals surface area contributed by atoms with E-state index in [-0.39, 0.29) is 0 Å². The smallest absolute Gasteiger partial charge is 0.153 e. The average Bonchev–Trinajstić information content (AvgIpc) is 2.61. The van der Waals surface area contributed by atoms with E-state index in [0.717, 1.165) is 22.6 Å². The lowest BCUT2D eigenvalue weighted by molar-refractivity contribution is 1.05. The number of hydrogen-bond acceptors (Lipinski definition) is 3. The predicted octanol–water partition coefficient (Wildman–Crippen LogP) is 3.08. The molecule has 2 aromatic rings. The largest absolute Gasteiger partial charge is 0.382 e. The number of aromatic amines is 1. The van der Waals surface area contributed by atoms with E-state index in [2.05, 4.69) is 41.4 Å². The Balaban J connectivity index is 2.35. The van der Waals surface area contributed by atoms with Gasteiger partial charge in [-0.15, -0.1) is 11.8 Å². The molecule has 84 valence electrons. The van der Waals surface area contributed by atoms with Gasteiger partial charge in [-0.3, -0.25) is 5.10 Å². The molecule has 1 heterocycles. The number of H-pyrrole nitrogens is 1. The van der Waals surface area contributed by atoms with Crippen LogP contribution in [0.1, 0.15) is 12.6 Å². The van der Waals surface area contributed by atoms with Gasteiger partial charge in [-0.1, -0.05) is 19.1 Å². The molecule has 1 aromatic carbocycles. The van der Waals surface area contributed by atoms with Crippen LogP contribution < -0.4 is 5.73 Å². The van der Waals surface area contributed by atoms with Crippen molar-refractivity contribution < 1.29 is 0 Å². The molecule has 3 N–H and O–H groups in total. The maximum Gasteiger partial charge on any atom is 0.153 e. The zero-order chi connectivity index (χ0) is 11.5. The number of benzene rings is 1. The van der Waals surface area contributed by atoms with Crippen LogP contribution in [0.5, 0.6) is 0 Å². The van der Waals surface area contributed by atoms with E-state index in [1.165, 1.54) is 4.90 Å². The van der Waals surface area contributed by atoms with Crippen LogP contribution >= 0.6 is 11.8 Å². The Morgan fingerprint density at radius 3 is 2.50 bits per heavy atom. The third-order valence-corrected chi connectivity index (χ3v) is 3.32. The Morgan fingerprint density at radius 1 is 1.31 bits per heavy atom. The second-order valence-electron chi connectivity index (χ2n) is 3.57. The first-order valence-corrected chi connectivity index (χ1v) is 6.24. The fourth-order valence-corrected chi connectivity index (χ4v) is 2.36. The van der Waals surface area contributed by atoms with Gasteiger partial charge in [0.2, 0.25) is 0 Å². The van der Waals surface area contributed by atoms with Gasteiger partial charge in [0, 0.05) is 16.2 Å². The van der Waals surface area contributed by atoms with Gasteiger partial charge in [0.05, 0.1) is 0 Å². The fourth-order valence-electron chi connectivity index (χ4n) is 1.70. The topological polar surface area (TPSA) is 54.7 Å². The van der Waals surface area contributed by atoms with E-state index in [4.69, 9.17) is 5.73 Å². The van der Waals surface area contributed by atoms with E-state index in [1.807, 2.05) is 18.7 Å². The van der Waals surface area contributed by atoms with Crippen LogP contribution in [0.3, 0.4) is 0 Å². The minimum absolute atomic E-state index is 0.563. The summed E-state index contributed by atoms with van der Waals surface area (Å²) in [5, 5.41) is 6.89. The van der Waals surface area contributed by atoms with Crippen molar-refractivity contribution in [3.05, 3.63) is 30.0 Å². The monoisotopic (exact) mass is 233 g/mol. The van der Waals surface area contributed by atoms with Crippen molar-refractivity contribution in [2.24, 2.45) is 0 Å². The van der Waals surface area contributed by atoms with Crippen molar-refractivity contribution >= 4 is 17.6 Å². The van der Waals surface area contributed by atoms with E-state index >= 15 is 0 Å². The summed E-state index contributed by atoms with van der Waals surface area (Å²) in [5.41, 5.74) is 8.95. The molecule has 0 amide bonds. The molecular formula is C12H15N3S. The summed E-state index contributed by atoms with van der Waals surface area (Å²) in [6, 6.07) is 8.42. The van der Waals surface area contributed by atoms with Crippen LogP contribution in [0.2, 0.25) is 0 Å². The van der Waals surface area contributed by atoms with Gasteiger partial charge in [-0.05, 0) is 30.4 Å². The summed E-state index contributed by atoms with van der Waals surface area (Å²) in [5.74, 6) is 1.65. The van der Waals surface area contributed by atoms with Gasteiger partial charge in [0.25, 0.3) is 0 Å². The van der Waals surface area contributed by atoms with Crippen molar-refractivity contribution in [2.45, 2.75) is 18.7 Å². The third kappa shape index (κ3) is 2.07. The van der Waals surface area contributed by atoms with Crippen LogP contribution in [0.15, 0.2) is 29.2 Å². The van der Waals surface area contributed by atoms with E-state index in [1.54, 1.807) is 0 Å². The number of anilines is 1. The molecule has 4 heteroatoms. The molecule has 0 saturated heterocycles. The Hall–Kier alpha value is -1.42. The number of aryl methyl sites for hydroxylation is 1. The predicted molar refractivity (Wildman–Crippen MR) is 69.6 cm³/mol. The van der Waals surface area contributed by atoms with Crippen molar-refractivity contribution in [1.82, 2.24) is 10.2 Å². The number of hydrogen-bond donors (Lipinski definition) is 2. The summed E-state index contributed by atoms with van der Waals surface area (Å²) < 4.78 is 0. The van der Waals surface area contributed by atoms with Crippen LogP contribution in [-0.2, 0) is 0 Å². The van der Waals surface area contributed by atoms with Gasteiger partial charge in [-0.2, -0.15) is 5.10 Å². The number of aromatic nitrogens is 2. The lowest BCUT2D eigenvalue weighted by Gasteiger charge is -2.03. The molecule has 0 bridgehead atoms. The van der Waals surface area contributed by atoms with Crippen molar-refractivity contribution in [1.29, 1.82) is 0 Å². The molecule has 0 atom stereocenters. The number of thioether (sulfide) groups is 1. The van der Waals surface area contributed by atoms with Gasteiger partial charge < -0.3 is 5.73 Å². The van der Waals surface area contributed by atoms with Crippen molar-refractivity contribution in [3.8, 4) is 11.1 Å². The molecule has 0 aliphatic carbocycles. The first-order valence-electron chi connectivity index (χ1n) is 5.26. The van der Waals surface area contributed by atoms with Gasteiger partial charge in [-0.25, -0.2) is 0 Å². The molecule has 0 fully saturated rings. The normalized spacial score (nSPS) is 10.6. The Labute approximate surface area is 99.4 Å². The first kappa shape index (κ1) is 11.1. The molecule has 2 rings (SSSR count). The molecule has 0 aliphatic rings.